The largest absolute Gasteiger partial charge is 0.321 e. The Kier molecular flexibility index (Phi) is 4.98. The van der Waals surface area contributed by atoms with E-state index in [9.17, 15) is 14.0 Å². The molecule has 0 aliphatic rings. The molecule has 5 nitrogen and oxygen atoms in total. The first-order valence-electron chi connectivity index (χ1n) is 9.03. The summed E-state index contributed by atoms with van der Waals surface area (Å²) < 4.78 is 14.9. The van der Waals surface area contributed by atoms with Crippen LogP contribution in [-0.2, 0) is 6.54 Å². The standard InChI is InChI=1S/C22H18FN3O2S/c1-13-5-3-8-17(9-13)25-20(27)19-14(2)18-21(29-19)24-12-26(22(18)28)11-15-6-4-7-16(23)10-15/h3-10,12H,11H2,1-2H3,(H,25,27). The van der Waals surface area contributed by atoms with Crippen LogP contribution >= 0.6 is 11.3 Å². The molecular weight excluding hydrogens is 389 g/mol. The van der Waals surface area contributed by atoms with Crippen molar-refractivity contribution in [2.24, 2.45) is 0 Å². The van der Waals surface area contributed by atoms with Crippen LogP contribution in [-0.4, -0.2) is 15.5 Å². The Balaban J connectivity index is 1.69. The van der Waals surface area contributed by atoms with E-state index in [1.165, 1.54) is 34.4 Å². The van der Waals surface area contributed by atoms with Gasteiger partial charge in [0, 0.05) is 5.69 Å². The van der Waals surface area contributed by atoms with E-state index in [2.05, 4.69) is 10.3 Å². The number of aryl methyl sites for hydroxylation is 2. The van der Waals surface area contributed by atoms with E-state index in [-0.39, 0.29) is 23.8 Å². The summed E-state index contributed by atoms with van der Waals surface area (Å²) in [6.45, 7) is 3.91. The van der Waals surface area contributed by atoms with Crippen molar-refractivity contribution < 1.29 is 9.18 Å². The Morgan fingerprint density at radius 1 is 1.17 bits per heavy atom. The number of nitrogens with zero attached hydrogens (tertiary/aromatic N) is 2. The van der Waals surface area contributed by atoms with Crippen LogP contribution in [0, 0.1) is 19.7 Å². The van der Waals surface area contributed by atoms with Crippen molar-refractivity contribution >= 4 is 33.1 Å². The van der Waals surface area contributed by atoms with Crippen molar-refractivity contribution in [2.45, 2.75) is 20.4 Å². The highest BCUT2D eigenvalue weighted by Gasteiger charge is 2.19. The fourth-order valence-corrected chi connectivity index (χ4v) is 4.27. The van der Waals surface area contributed by atoms with Gasteiger partial charge in [0.1, 0.15) is 10.6 Å². The van der Waals surface area contributed by atoms with Gasteiger partial charge in [-0.3, -0.25) is 14.2 Å². The summed E-state index contributed by atoms with van der Waals surface area (Å²) in [5.74, 6) is -0.626. The van der Waals surface area contributed by atoms with Gasteiger partial charge >= 0.3 is 0 Å². The maximum Gasteiger partial charge on any atom is 0.266 e. The van der Waals surface area contributed by atoms with Crippen molar-refractivity contribution in [2.75, 3.05) is 5.32 Å². The number of rotatable bonds is 4. The molecular formula is C22H18FN3O2S. The molecule has 4 aromatic rings. The third-order valence-corrected chi connectivity index (χ3v) is 5.84. The molecule has 0 atom stereocenters. The molecule has 2 aromatic heterocycles. The number of carbonyl (C=O) groups excluding carboxylic acids is 1. The predicted molar refractivity (Wildman–Crippen MR) is 113 cm³/mol. The first-order chi connectivity index (χ1) is 13.9. The monoisotopic (exact) mass is 407 g/mol. The number of carbonyl (C=O) groups is 1. The van der Waals surface area contributed by atoms with E-state index in [0.29, 0.717) is 31.9 Å². The number of anilines is 1. The lowest BCUT2D eigenvalue weighted by Gasteiger charge is -2.06. The number of halogens is 1. The number of amides is 1. The fourth-order valence-electron chi connectivity index (χ4n) is 3.23. The molecule has 0 bridgehead atoms. The SMILES string of the molecule is Cc1cccc(NC(=O)c2sc3ncn(Cc4cccc(F)c4)c(=O)c3c2C)c1. The van der Waals surface area contributed by atoms with Crippen LogP contribution < -0.4 is 10.9 Å². The van der Waals surface area contributed by atoms with E-state index >= 15 is 0 Å². The first kappa shape index (κ1) is 19.0. The minimum absolute atomic E-state index is 0.208. The Hall–Kier alpha value is -3.32. The molecule has 0 aliphatic carbocycles. The van der Waals surface area contributed by atoms with Crippen molar-refractivity contribution in [3.63, 3.8) is 0 Å². The zero-order chi connectivity index (χ0) is 20.5. The molecule has 0 unspecified atom stereocenters. The van der Waals surface area contributed by atoms with Crippen molar-refractivity contribution in [3.8, 4) is 0 Å². The van der Waals surface area contributed by atoms with Crippen molar-refractivity contribution in [1.82, 2.24) is 9.55 Å². The second kappa shape index (κ2) is 7.60. The van der Waals surface area contributed by atoms with Gasteiger partial charge in [-0.2, -0.15) is 0 Å². The zero-order valence-corrected chi connectivity index (χ0v) is 16.7. The molecule has 0 saturated carbocycles. The van der Waals surface area contributed by atoms with Crippen LogP contribution in [0.1, 0.15) is 26.4 Å². The highest BCUT2D eigenvalue weighted by atomic mass is 32.1. The summed E-state index contributed by atoms with van der Waals surface area (Å²) in [6, 6.07) is 13.6. The molecule has 0 radical (unpaired) electrons. The average molecular weight is 407 g/mol. The van der Waals surface area contributed by atoms with E-state index in [4.69, 9.17) is 0 Å². The van der Waals surface area contributed by atoms with Crippen LogP contribution in [0.25, 0.3) is 10.2 Å². The second-order valence-electron chi connectivity index (χ2n) is 6.87. The Morgan fingerprint density at radius 3 is 2.72 bits per heavy atom. The fraction of sp³-hybridized carbons (Fsp3) is 0.136. The van der Waals surface area contributed by atoms with Gasteiger partial charge in [-0.05, 0) is 54.8 Å². The summed E-state index contributed by atoms with van der Waals surface area (Å²) in [5.41, 5.74) is 2.75. The molecule has 1 N–H and O–H groups in total. The smallest absolute Gasteiger partial charge is 0.266 e. The third-order valence-electron chi connectivity index (χ3n) is 4.64. The molecule has 1 amide bonds. The molecule has 2 heterocycles. The third kappa shape index (κ3) is 3.82. The predicted octanol–water partition coefficient (Wildman–Crippen LogP) is 4.51. The lowest BCUT2D eigenvalue weighted by Crippen LogP contribution is -2.21. The van der Waals surface area contributed by atoms with Gasteiger partial charge < -0.3 is 5.32 Å². The van der Waals surface area contributed by atoms with Crippen LogP contribution in [0.2, 0.25) is 0 Å². The van der Waals surface area contributed by atoms with Crippen molar-refractivity contribution in [1.29, 1.82) is 0 Å². The number of thiophene rings is 1. The summed E-state index contributed by atoms with van der Waals surface area (Å²) in [6.07, 6.45) is 1.44. The van der Waals surface area contributed by atoms with Gasteiger partial charge in [0.25, 0.3) is 11.5 Å². The lowest BCUT2D eigenvalue weighted by atomic mass is 10.2. The number of hydrogen-bond donors (Lipinski definition) is 1. The van der Waals surface area contributed by atoms with Crippen LogP contribution in [0.15, 0.2) is 59.7 Å². The first-order valence-corrected chi connectivity index (χ1v) is 9.85. The number of benzene rings is 2. The van der Waals surface area contributed by atoms with Gasteiger partial charge in [-0.15, -0.1) is 11.3 Å². The molecule has 2 aromatic carbocycles. The minimum Gasteiger partial charge on any atom is -0.321 e. The van der Waals surface area contributed by atoms with Gasteiger partial charge in [-0.1, -0.05) is 24.3 Å². The van der Waals surface area contributed by atoms with Crippen molar-refractivity contribution in [3.05, 3.63) is 92.6 Å². The van der Waals surface area contributed by atoms with E-state index < -0.39 is 0 Å². The summed E-state index contributed by atoms with van der Waals surface area (Å²) in [7, 11) is 0. The number of fused-ring (bicyclic) bond motifs is 1. The summed E-state index contributed by atoms with van der Waals surface area (Å²) in [4.78, 5) is 31.1. The summed E-state index contributed by atoms with van der Waals surface area (Å²) in [5, 5.41) is 3.29. The molecule has 29 heavy (non-hydrogen) atoms. The number of aromatic nitrogens is 2. The van der Waals surface area contributed by atoms with Crippen LogP contribution in [0.5, 0.6) is 0 Å². The van der Waals surface area contributed by atoms with Gasteiger partial charge in [0.2, 0.25) is 0 Å². The highest BCUT2D eigenvalue weighted by Crippen LogP contribution is 2.27. The normalized spacial score (nSPS) is 11.0. The molecule has 7 heteroatoms. The van der Waals surface area contributed by atoms with Crippen LogP contribution in [0.3, 0.4) is 0 Å². The Bertz CT molecular complexity index is 1290. The molecule has 0 spiro atoms. The number of nitrogens with one attached hydrogen (secondary N) is 1. The molecule has 0 aliphatic heterocycles. The maximum atomic E-state index is 13.4. The van der Waals surface area contributed by atoms with Crippen LogP contribution in [0.4, 0.5) is 10.1 Å². The number of hydrogen-bond acceptors (Lipinski definition) is 4. The molecule has 4 rings (SSSR count). The lowest BCUT2D eigenvalue weighted by molar-refractivity contribution is 0.103. The van der Waals surface area contributed by atoms with Gasteiger partial charge in [0.05, 0.1) is 23.1 Å². The van der Waals surface area contributed by atoms with E-state index in [0.717, 1.165) is 5.56 Å². The van der Waals surface area contributed by atoms with Gasteiger partial charge in [0.15, 0.2) is 0 Å². The second-order valence-corrected chi connectivity index (χ2v) is 7.87. The average Bonchev–Trinajstić information content (AvgIpc) is 3.01. The molecule has 0 saturated heterocycles. The van der Waals surface area contributed by atoms with Gasteiger partial charge in [-0.25, -0.2) is 9.37 Å². The zero-order valence-electron chi connectivity index (χ0n) is 15.9. The molecule has 146 valence electrons. The highest BCUT2D eigenvalue weighted by molar-refractivity contribution is 7.20. The quantitative estimate of drug-likeness (QED) is 0.541. The minimum atomic E-state index is -0.355. The van der Waals surface area contributed by atoms with E-state index in [1.807, 2.05) is 31.2 Å². The summed E-state index contributed by atoms with van der Waals surface area (Å²) >= 11 is 1.19. The topological polar surface area (TPSA) is 64.0 Å². The molecule has 0 fully saturated rings. The van der Waals surface area contributed by atoms with E-state index in [1.54, 1.807) is 19.1 Å². The maximum absolute atomic E-state index is 13.4. The Labute approximate surface area is 170 Å². The Morgan fingerprint density at radius 2 is 1.97 bits per heavy atom.